The summed E-state index contributed by atoms with van der Waals surface area (Å²) in [4.78, 5) is 2.43. The molecule has 2 aliphatic rings. The lowest BCUT2D eigenvalue weighted by molar-refractivity contribution is -0.138. The minimum Gasteiger partial charge on any atom is -0.336 e. The van der Waals surface area contributed by atoms with Gasteiger partial charge in [-0.3, -0.25) is 0 Å². The summed E-state index contributed by atoms with van der Waals surface area (Å²) in [6, 6.07) is 49.2. The van der Waals surface area contributed by atoms with E-state index in [9.17, 15) is 0 Å². The maximum atomic E-state index is 15.3. The Morgan fingerprint density at radius 3 is 1.34 bits per heavy atom. The van der Waals surface area contributed by atoms with Gasteiger partial charge in [-0.15, -0.1) is 0 Å². The number of anilines is 2. The van der Waals surface area contributed by atoms with E-state index in [1.54, 1.807) is 12.1 Å². The number of benzene rings is 8. The Morgan fingerprint density at radius 1 is 0.418 bits per heavy atom. The fourth-order valence-electron chi connectivity index (χ4n) is 13.3. The molecule has 0 radical (unpaired) electrons. The van der Waals surface area contributed by atoms with Crippen LogP contribution >= 0.6 is 0 Å². The molecule has 2 unspecified atom stereocenters. The first kappa shape index (κ1) is 52.4. The zero-order chi connectivity index (χ0) is 56.3. The lowest BCUT2D eigenvalue weighted by atomic mass is 9.68. The summed E-state index contributed by atoms with van der Waals surface area (Å²) in [6.07, 6.45) is -8.48. The quantitative estimate of drug-likeness (QED) is 0.151. The van der Waals surface area contributed by atoms with Crippen molar-refractivity contribution >= 4 is 55.0 Å². The van der Waals surface area contributed by atoms with Gasteiger partial charge in [-0.1, -0.05) is 154 Å². The van der Waals surface area contributed by atoms with Gasteiger partial charge in [0.15, 0.2) is 0 Å². The van der Waals surface area contributed by atoms with Gasteiger partial charge in [0, 0.05) is 66.9 Å². The van der Waals surface area contributed by atoms with Crippen LogP contribution in [-0.4, -0.2) is 15.2 Å². The fraction of sp³-hybridized carbons (Fsp3) is 0.314. The van der Waals surface area contributed by atoms with Crippen molar-refractivity contribution < 1.29 is 26.3 Å². The van der Waals surface area contributed by atoms with Gasteiger partial charge in [0.2, 0.25) is 0 Å². The summed E-state index contributed by atoms with van der Waals surface area (Å²) in [5.74, 6) is 0.276. The van der Waals surface area contributed by atoms with Gasteiger partial charge in [0.05, 0.1) is 39.1 Å². The van der Waals surface area contributed by atoms with Crippen LogP contribution in [0.1, 0.15) is 134 Å². The van der Waals surface area contributed by atoms with Gasteiger partial charge in [0.1, 0.15) is 0 Å². The van der Waals surface area contributed by atoms with Crippen LogP contribution in [0.25, 0.3) is 71.6 Å². The van der Waals surface area contributed by atoms with Crippen molar-refractivity contribution in [2.45, 2.75) is 136 Å². The van der Waals surface area contributed by atoms with Crippen molar-refractivity contribution in [3.8, 4) is 27.9 Å². The number of hydrogen-bond donors (Lipinski definition) is 0. The van der Waals surface area contributed by atoms with E-state index in [-0.39, 0.29) is 39.7 Å². The van der Waals surface area contributed by atoms with Crippen LogP contribution in [0.3, 0.4) is 0 Å². The predicted octanol–water partition coefficient (Wildman–Crippen LogP) is 20.6. The first-order valence-corrected chi connectivity index (χ1v) is 27.6. The topological polar surface area (TPSA) is 13.1 Å². The number of nitrogens with zero attached hydrogens (tertiary/aromatic N) is 3. The van der Waals surface area contributed by atoms with Gasteiger partial charge in [-0.2, -0.15) is 26.3 Å². The molecule has 1 fully saturated rings. The molecular formula is C70H67F6N3. The molecule has 1 saturated carbocycles. The zero-order valence-corrected chi connectivity index (χ0v) is 47.1. The molecule has 9 heteroatoms. The fourth-order valence-corrected chi connectivity index (χ4v) is 13.3. The Morgan fingerprint density at radius 2 is 0.873 bits per heavy atom. The summed E-state index contributed by atoms with van der Waals surface area (Å²) >= 11 is 0. The second kappa shape index (κ2) is 17.6. The number of halogens is 6. The summed E-state index contributed by atoms with van der Waals surface area (Å²) in [5, 5.41) is 4.02. The molecule has 1 aliphatic carbocycles. The normalized spacial score (nSPS) is 17.3. The van der Waals surface area contributed by atoms with E-state index in [1.165, 1.54) is 35.4 Å². The highest BCUT2D eigenvalue weighted by Gasteiger charge is 2.53. The summed E-state index contributed by atoms with van der Waals surface area (Å²) < 4.78 is 96.4. The van der Waals surface area contributed by atoms with E-state index in [4.69, 9.17) is 0 Å². The molecule has 0 amide bonds. The third-order valence-corrected chi connectivity index (χ3v) is 17.5. The monoisotopic (exact) mass is 1060 g/mol. The molecule has 3 atom stereocenters. The highest BCUT2D eigenvalue weighted by molar-refractivity contribution is 6.12. The number of aromatic nitrogens is 2. The first-order chi connectivity index (χ1) is 37.0. The smallest absolute Gasteiger partial charge is 0.336 e. The van der Waals surface area contributed by atoms with Crippen LogP contribution in [0.2, 0.25) is 0 Å². The largest absolute Gasteiger partial charge is 0.416 e. The molecule has 79 heavy (non-hydrogen) atoms. The second-order valence-corrected chi connectivity index (χ2v) is 26.1. The van der Waals surface area contributed by atoms with Crippen LogP contribution < -0.4 is 4.90 Å². The Hall–Kier alpha value is -7.26. The minimum absolute atomic E-state index is 0.100. The SMILES string of the molecule is C[C@@H]1CC2c3cc(C(C)(C)C)ccc3N(c3c(-c4cccc(C(F)(F)F)c4)cc(-c4cccc(C(F)(F)F)c4)c(-n4c5ccc(C(C)(C)C)cc5c5cc(C(C)(C)C)ccc54)c3C(C)(C)n3c4ccccc4c4ccccc43)C21. The maximum Gasteiger partial charge on any atom is 0.416 e. The Labute approximate surface area is 459 Å². The van der Waals surface area contributed by atoms with Crippen molar-refractivity contribution in [3.63, 3.8) is 0 Å². The highest BCUT2D eigenvalue weighted by Crippen LogP contribution is 2.62. The van der Waals surface area contributed by atoms with E-state index in [2.05, 4.69) is 176 Å². The minimum atomic E-state index is -4.70. The molecule has 1 aliphatic heterocycles. The van der Waals surface area contributed by atoms with Crippen LogP contribution in [0.5, 0.6) is 0 Å². The van der Waals surface area contributed by atoms with Crippen LogP contribution in [0, 0.1) is 5.92 Å². The maximum absolute atomic E-state index is 15.3. The van der Waals surface area contributed by atoms with Crippen LogP contribution in [0.4, 0.5) is 37.7 Å². The highest BCUT2D eigenvalue weighted by atomic mass is 19.4. The number of para-hydroxylation sites is 2. The Kier molecular flexibility index (Phi) is 11.7. The summed E-state index contributed by atoms with van der Waals surface area (Å²) in [5.41, 5.74) is 9.41. The average molecular weight is 1060 g/mol. The van der Waals surface area contributed by atoms with E-state index in [0.29, 0.717) is 28.1 Å². The van der Waals surface area contributed by atoms with Crippen LogP contribution in [-0.2, 0) is 34.1 Å². The molecule has 0 spiro atoms. The zero-order valence-electron chi connectivity index (χ0n) is 47.1. The number of rotatable bonds is 6. The molecule has 8 aromatic carbocycles. The first-order valence-electron chi connectivity index (χ1n) is 27.6. The molecule has 2 aromatic heterocycles. The predicted molar refractivity (Wildman–Crippen MR) is 315 cm³/mol. The number of hydrogen-bond acceptors (Lipinski definition) is 1. The second-order valence-electron chi connectivity index (χ2n) is 26.1. The summed E-state index contributed by atoms with van der Waals surface area (Å²) in [7, 11) is 0. The van der Waals surface area contributed by atoms with E-state index < -0.39 is 29.0 Å². The molecule has 0 bridgehead atoms. The standard InChI is InChI=1S/C70H67F6N3/c1-40-33-55-54-38-45(67(8,9)10)29-32-58(54)78(62(40)55)64-51(42-20-18-22-47(35-42)70(74,75)76)39-50(41-19-17-21-46(34-41)69(71,72)73)63(61(64)68(11,12)79-59-25-15-13-23-48(59)49-24-14-16-26-60(49)79)77-56-30-27-43(65(2,3)4)36-52(56)53-37-44(66(5,6)7)28-31-57(53)77/h13-32,34-40,55,62H,33H2,1-12H3/t40-,55?,62?/m1/s1. The van der Waals surface area contributed by atoms with Gasteiger partial charge in [-0.25, -0.2) is 0 Å². The molecule has 0 saturated heterocycles. The average Bonchev–Trinajstić information content (AvgIpc) is 2.41. The lowest BCUT2D eigenvalue weighted by Gasteiger charge is -2.47. The van der Waals surface area contributed by atoms with E-state index in [0.717, 1.165) is 84.5 Å². The number of fused-ring (bicyclic) bond motifs is 9. The molecule has 3 heterocycles. The summed E-state index contributed by atoms with van der Waals surface area (Å²) in [6.45, 7) is 26.4. The van der Waals surface area contributed by atoms with Crippen LogP contribution in [0.15, 0.2) is 158 Å². The third-order valence-electron chi connectivity index (χ3n) is 17.5. The van der Waals surface area contributed by atoms with Gasteiger partial charge in [-0.05, 0) is 149 Å². The van der Waals surface area contributed by atoms with Crippen molar-refractivity contribution in [2.24, 2.45) is 5.92 Å². The molecule has 10 aromatic rings. The number of alkyl halides is 6. The van der Waals surface area contributed by atoms with Gasteiger partial charge in [0.25, 0.3) is 0 Å². The third kappa shape index (κ3) is 8.38. The van der Waals surface area contributed by atoms with E-state index in [1.807, 2.05) is 30.3 Å². The van der Waals surface area contributed by atoms with Crippen molar-refractivity contribution in [1.29, 1.82) is 0 Å². The van der Waals surface area contributed by atoms with Gasteiger partial charge < -0.3 is 14.0 Å². The molecule has 404 valence electrons. The van der Waals surface area contributed by atoms with Crippen molar-refractivity contribution in [2.75, 3.05) is 4.90 Å². The molecular weight excluding hydrogens is 997 g/mol. The lowest BCUT2D eigenvalue weighted by Crippen LogP contribution is -2.46. The Balaban J connectivity index is 1.37. The van der Waals surface area contributed by atoms with E-state index >= 15 is 26.3 Å². The van der Waals surface area contributed by atoms with Crippen molar-refractivity contribution in [1.82, 2.24) is 9.13 Å². The van der Waals surface area contributed by atoms with Crippen molar-refractivity contribution in [3.05, 3.63) is 197 Å². The van der Waals surface area contributed by atoms with Gasteiger partial charge >= 0.3 is 12.4 Å². The molecule has 3 nitrogen and oxygen atoms in total. The molecule has 12 rings (SSSR count). The molecule has 0 N–H and O–H groups in total. The Bertz CT molecular complexity index is 3980.